The molecule has 3 nitrogen and oxygen atoms in total. The second kappa shape index (κ2) is 6.88. The second-order valence-electron chi connectivity index (χ2n) is 5.52. The van der Waals surface area contributed by atoms with Crippen LogP contribution >= 0.6 is 0 Å². The third-order valence-corrected chi connectivity index (χ3v) is 3.62. The van der Waals surface area contributed by atoms with Gasteiger partial charge in [-0.3, -0.25) is 0 Å². The van der Waals surface area contributed by atoms with E-state index in [9.17, 15) is 0 Å². The van der Waals surface area contributed by atoms with Crippen LogP contribution in [0.15, 0.2) is 89.1 Å². The summed E-state index contributed by atoms with van der Waals surface area (Å²) in [4.78, 5) is 2.09. The summed E-state index contributed by atoms with van der Waals surface area (Å²) in [6.07, 6.45) is 0. The maximum Gasteiger partial charge on any atom is 0.0857 e. The van der Waals surface area contributed by atoms with Crippen molar-refractivity contribution in [3.8, 4) is 11.1 Å². The van der Waals surface area contributed by atoms with Gasteiger partial charge in [-0.2, -0.15) is 10.2 Å². The molecule has 3 aromatic rings. The molecule has 114 valence electrons. The van der Waals surface area contributed by atoms with E-state index in [1.165, 1.54) is 16.8 Å². The summed E-state index contributed by atoms with van der Waals surface area (Å²) in [5.74, 6) is 0. The van der Waals surface area contributed by atoms with Gasteiger partial charge in [-0.1, -0.05) is 42.5 Å². The number of benzene rings is 3. The number of hydrogen-bond donors (Lipinski definition) is 0. The highest BCUT2D eigenvalue weighted by Crippen LogP contribution is 2.25. The Hall–Kier alpha value is -2.94. The predicted molar refractivity (Wildman–Crippen MR) is 96.8 cm³/mol. The molecule has 3 rings (SSSR count). The van der Waals surface area contributed by atoms with Crippen LogP contribution in [0.4, 0.5) is 17.1 Å². The molecular weight excluding hydrogens is 282 g/mol. The standard InChI is InChI=1S/C20H19N3/c1-23(2)20-14-10-17(11-15-20)16-8-12-19(13-9-16)22-21-18-6-4-3-5-7-18/h3-15H,1-2H3. The summed E-state index contributed by atoms with van der Waals surface area (Å²) in [5.41, 5.74) is 5.27. The fourth-order valence-electron chi connectivity index (χ4n) is 2.28. The van der Waals surface area contributed by atoms with Crippen LogP contribution in [-0.2, 0) is 0 Å². The lowest BCUT2D eigenvalue weighted by Crippen LogP contribution is -2.07. The summed E-state index contributed by atoms with van der Waals surface area (Å²) in [5, 5.41) is 8.50. The summed E-state index contributed by atoms with van der Waals surface area (Å²) in [6, 6.07) is 26.4. The molecule has 0 atom stereocenters. The molecule has 0 aromatic heterocycles. The normalized spacial score (nSPS) is 10.9. The first kappa shape index (κ1) is 15.0. The molecule has 0 N–H and O–H groups in total. The van der Waals surface area contributed by atoms with Crippen molar-refractivity contribution in [1.82, 2.24) is 0 Å². The van der Waals surface area contributed by atoms with Crippen LogP contribution in [0.1, 0.15) is 0 Å². The summed E-state index contributed by atoms with van der Waals surface area (Å²) in [6.45, 7) is 0. The van der Waals surface area contributed by atoms with Crippen molar-refractivity contribution >= 4 is 17.1 Å². The maximum absolute atomic E-state index is 4.27. The van der Waals surface area contributed by atoms with Gasteiger partial charge in [0.15, 0.2) is 0 Å². The van der Waals surface area contributed by atoms with E-state index < -0.39 is 0 Å². The van der Waals surface area contributed by atoms with E-state index in [0.29, 0.717) is 0 Å². The van der Waals surface area contributed by atoms with Crippen molar-refractivity contribution in [1.29, 1.82) is 0 Å². The van der Waals surface area contributed by atoms with E-state index in [4.69, 9.17) is 0 Å². The minimum absolute atomic E-state index is 0.850. The van der Waals surface area contributed by atoms with E-state index in [2.05, 4.69) is 51.5 Å². The number of hydrogen-bond acceptors (Lipinski definition) is 3. The highest BCUT2D eigenvalue weighted by atomic mass is 15.1. The molecule has 0 saturated heterocycles. The van der Waals surface area contributed by atoms with E-state index in [1.807, 2.05) is 56.6 Å². The molecule has 0 unspecified atom stereocenters. The van der Waals surface area contributed by atoms with Crippen LogP contribution in [0.3, 0.4) is 0 Å². The highest BCUT2D eigenvalue weighted by molar-refractivity contribution is 5.67. The molecular formula is C20H19N3. The molecule has 3 aromatic carbocycles. The lowest BCUT2D eigenvalue weighted by molar-refractivity contribution is 1.13. The Morgan fingerprint density at radius 1 is 0.565 bits per heavy atom. The van der Waals surface area contributed by atoms with Crippen LogP contribution in [0, 0.1) is 0 Å². The molecule has 3 heteroatoms. The average molecular weight is 301 g/mol. The first-order chi connectivity index (χ1) is 11.2. The molecule has 0 bridgehead atoms. The maximum atomic E-state index is 4.27. The van der Waals surface area contributed by atoms with Gasteiger partial charge in [0.25, 0.3) is 0 Å². The molecule has 0 aliphatic rings. The Kier molecular flexibility index (Phi) is 4.48. The SMILES string of the molecule is CN(C)c1ccc(-c2ccc(N=Nc3ccccc3)cc2)cc1. The first-order valence-electron chi connectivity index (χ1n) is 7.57. The van der Waals surface area contributed by atoms with Gasteiger partial charge < -0.3 is 4.90 Å². The number of azo groups is 1. The third kappa shape index (κ3) is 3.83. The minimum Gasteiger partial charge on any atom is -0.378 e. The first-order valence-corrected chi connectivity index (χ1v) is 7.57. The quantitative estimate of drug-likeness (QED) is 0.557. The lowest BCUT2D eigenvalue weighted by atomic mass is 10.1. The molecule has 0 aliphatic heterocycles. The average Bonchev–Trinajstić information content (AvgIpc) is 2.61. The summed E-state index contributed by atoms with van der Waals surface area (Å²) < 4.78 is 0. The Balaban J connectivity index is 1.75. The lowest BCUT2D eigenvalue weighted by Gasteiger charge is -2.12. The van der Waals surface area contributed by atoms with Gasteiger partial charge in [-0.15, -0.1) is 0 Å². The van der Waals surface area contributed by atoms with Crippen molar-refractivity contribution in [2.45, 2.75) is 0 Å². The number of nitrogens with zero attached hydrogens (tertiary/aromatic N) is 3. The summed E-state index contributed by atoms with van der Waals surface area (Å²) >= 11 is 0. The van der Waals surface area contributed by atoms with Crippen molar-refractivity contribution in [2.24, 2.45) is 10.2 Å². The summed E-state index contributed by atoms with van der Waals surface area (Å²) in [7, 11) is 4.09. The molecule has 0 radical (unpaired) electrons. The molecule has 23 heavy (non-hydrogen) atoms. The van der Waals surface area contributed by atoms with Crippen LogP contribution in [-0.4, -0.2) is 14.1 Å². The van der Waals surface area contributed by atoms with Gasteiger partial charge in [0.1, 0.15) is 0 Å². The smallest absolute Gasteiger partial charge is 0.0857 e. The van der Waals surface area contributed by atoms with Crippen molar-refractivity contribution in [2.75, 3.05) is 19.0 Å². The molecule has 0 aliphatic carbocycles. The number of rotatable bonds is 4. The van der Waals surface area contributed by atoms with Gasteiger partial charge in [-0.05, 0) is 47.5 Å². The van der Waals surface area contributed by atoms with Crippen LogP contribution < -0.4 is 4.90 Å². The third-order valence-electron chi connectivity index (χ3n) is 3.62. The van der Waals surface area contributed by atoms with Crippen molar-refractivity contribution in [3.05, 3.63) is 78.9 Å². The Labute approximate surface area is 136 Å². The Morgan fingerprint density at radius 3 is 1.57 bits per heavy atom. The Morgan fingerprint density at radius 2 is 1.04 bits per heavy atom. The van der Waals surface area contributed by atoms with Crippen molar-refractivity contribution < 1.29 is 0 Å². The zero-order chi connectivity index (χ0) is 16.1. The van der Waals surface area contributed by atoms with Gasteiger partial charge in [-0.25, -0.2) is 0 Å². The van der Waals surface area contributed by atoms with Crippen LogP contribution in [0.25, 0.3) is 11.1 Å². The van der Waals surface area contributed by atoms with Gasteiger partial charge in [0.2, 0.25) is 0 Å². The number of anilines is 1. The zero-order valence-electron chi connectivity index (χ0n) is 13.3. The van der Waals surface area contributed by atoms with E-state index in [-0.39, 0.29) is 0 Å². The van der Waals surface area contributed by atoms with Crippen LogP contribution in [0.2, 0.25) is 0 Å². The fourth-order valence-corrected chi connectivity index (χ4v) is 2.28. The molecule has 0 heterocycles. The Bertz CT molecular complexity index is 773. The molecule has 0 spiro atoms. The van der Waals surface area contributed by atoms with E-state index in [1.54, 1.807) is 0 Å². The van der Waals surface area contributed by atoms with Gasteiger partial charge >= 0.3 is 0 Å². The van der Waals surface area contributed by atoms with Gasteiger partial charge in [0.05, 0.1) is 11.4 Å². The van der Waals surface area contributed by atoms with Gasteiger partial charge in [0, 0.05) is 19.8 Å². The van der Waals surface area contributed by atoms with E-state index >= 15 is 0 Å². The topological polar surface area (TPSA) is 28.0 Å². The monoisotopic (exact) mass is 301 g/mol. The predicted octanol–water partition coefficient (Wildman–Crippen LogP) is 5.84. The molecule has 0 amide bonds. The molecule has 0 fully saturated rings. The second-order valence-corrected chi connectivity index (χ2v) is 5.52. The largest absolute Gasteiger partial charge is 0.378 e. The fraction of sp³-hybridized carbons (Fsp3) is 0.100. The van der Waals surface area contributed by atoms with E-state index in [0.717, 1.165) is 11.4 Å². The minimum atomic E-state index is 0.850. The van der Waals surface area contributed by atoms with Crippen molar-refractivity contribution in [3.63, 3.8) is 0 Å². The van der Waals surface area contributed by atoms with Crippen LogP contribution in [0.5, 0.6) is 0 Å². The highest BCUT2D eigenvalue weighted by Gasteiger charge is 2.00. The zero-order valence-corrected chi connectivity index (χ0v) is 13.3. The molecule has 0 saturated carbocycles.